The number of ether oxygens (including phenoxy) is 1. The van der Waals surface area contributed by atoms with Crippen molar-refractivity contribution in [3.63, 3.8) is 0 Å². The number of hydrogen-bond donors (Lipinski definition) is 0. The summed E-state index contributed by atoms with van der Waals surface area (Å²) in [6, 6.07) is 10.9. The van der Waals surface area contributed by atoms with Crippen molar-refractivity contribution in [1.82, 2.24) is 9.78 Å². The predicted molar refractivity (Wildman–Crippen MR) is 91.9 cm³/mol. The molecule has 1 aromatic carbocycles. The zero-order chi connectivity index (χ0) is 16.4. The molecule has 0 N–H and O–H groups in total. The molecular formula is C16H12Cl2N2O2Se. The van der Waals surface area contributed by atoms with Gasteiger partial charge in [0.05, 0.1) is 0 Å². The van der Waals surface area contributed by atoms with Crippen LogP contribution in [-0.2, 0) is 4.74 Å². The summed E-state index contributed by atoms with van der Waals surface area (Å²) in [6.07, 6.45) is 0. The van der Waals surface area contributed by atoms with E-state index in [4.69, 9.17) is 27.9 Å². The van der Waals surface area contributed by atoms with Crippen molar-refractivity contribution < 1.29 is 9.53 Å². The van der Waals surface area contributed by atoms with Gasteiger partial charge in [-0.15, -0.1) is 0 Å². The van der Waals surface area contributed by atoms with Crippen molar-refractivity contribution in [3.8, 4) is 15.8 Å². The molecule has 0 atom stereocenters. The van der Waals surface area contributed by atoms with Crippen LogP contribution in [0.4, 0.5) is 0 Å². The molecule has 3 rings (SSSR count). The fourth-order valence-electron chi connectivity index (χ4n) is 2.12. The Bertz CT molecular complexity index is 844. The molecule has 0 saturated heterocycles. The second kappa shape index (κ2) is 6.93. The minimum absolute atomic E-state index is 0.197. The molecule has 0 radical (unpaired) electrons. The van der Waals surface area contributed by atoms with Crippen LogP contribution in [0, 0.1) is 0 Å². The number of carbonyl (C=O) groups excluding carboxylic acids is 1. The van der Waals surface area contributed by atoms with Gasteiger partial charge in [-0.2, -0.15) is 0 Å². The van der Waals surface area contributed by atoms with E-state index in [1.165, 1.54) is 0 Å². The maximum absolute atomic E-state index is 12.0. The zero-order valence-electron chi connectivity index (χ0n) is 12.1. The first-order chi connectivity index (χ1) is 11.1. The number of halogens is 2. The SMILES string of the molecule is CCOC(=O)c1cc(-c2ccc[se]2)n(-c2ccc(Cl)cc2Cl)n1. The molecule has 0 bridgehead atoms. The molecule has 0 aliphatic carbocycles. The third-order valence-electron chi connectivity index (χ3n) is 3.11. The molecule has 2 heterocycles. The molecule has 0 fully saturated rings. The molecule has 0 amide bonds. The van der Waals surface area contributed by atoms with Crippen LogP contribution in [0.2, 0.25) is 10.0 Å². The van der Waals surface area contributed by atoms with E-state index in [0.29, 0.717) is 22.3 Å². The van der Waals surface area contributed by atoms with Crippen LogP contribution in [-0.4, -0.2) is 36.9 Å². The quantitative estimate of drug-likeness (QED) is 0.478. The summed E-state index contributed by atoms with van der Waals surface area (Å²) < 4.78 is 7.83. The Kier molecular flexibility index (Phi) is 4.93. The fraction of sp³-hybridized carbons (Fsp3) is 0.125. The average Bonchev–Trinajstić information content (AvgIpc) is 3.16. The van der Waals surface area contributed by atoms with Crippen molar-refractivity contribution in [1.29, 1.82) is 0 Å². The van der Waals surface area contributed by atoms with E-state index in [1.54, 1.807) is 35.9 Å². The third kappa shape index (κ3) is 3.38. The fourth-order valence-corrected chi connectivity index (χ4v) is 4.14. The van der Waals surface area contributed by atoms with Gasteiger partial charge in [0.1, 0.15) is 0 Å². The Morgan fingerprint density at radius 2 is 2.13 bits per heavy atom. The second-order valence-electron chi connectivity index (χ2n) is 4.62. The standard InChI is InChI=1S/C16H12Cl2N2O2Se/c1-2-22-16(21)12-9-14(15-4-3-7-23-15)20(19-12)13-6-5-10(17)8-11(13)18/h3-9H,2H2,1H3. The molecule has 4 nitrogen and oxygen atoms in total. The first-order valence-corrected chi connectivity index (χ1v) is 9.46. The Morgan fingerprint density at radius 1 is 1.30 bits per heavy atom. The third-order valence-corrected chi connectivity index (χ3v) is 5.52. The summed E-state index contributed by atoms with van der Waals surface area (Å²) >= 11 is 12.5. The Morgan fingerprint density at radius 3 is 2.78 bits per heavy atom. The van der Waals surface area contributed by atoms with E-state index in [1.807, 2.05) is 12.1 Å². The summed E-state index contributed by atoms with van der Waals surface area (Å²) in [4.78, 5) is 14.1. The number of rotatable bonds is 4. The van der Waals surface area contributed by atoms with E-state index >= 15 is 0 Å². The van der Waals surface area contributed by atoms with Crippen molar-refractivity contribution in [2.45, 2.75) is 6.92 Å². The number of hydrogen-bond acceptors (Lipinski definition) is 3. The van der Waals surface area contributed by atoms with Gasteiger partial charge in [0.15, 0.2) is 0 Å². The van der Waals surface area contributed by atoms with Gasteiger partial charge < -0.3 is 0 Å². The van der Waals surface area contributed by atoms with Gasteiger partial charge in [0, 0.05) is 0 Å². The van der Waals surface area contributed by atoms with E-state index in [-0.39, 0.29) is 20.2 Å². The summed E-state index contributed by atoms with van der Waals surface area (Å²) in [5, 5.41) is 5.40. The van der Waals surface area contributed by atoms with E-state index in [2.05, 4.69) is 10.0 Å². The molecule has 7 heteroatoms. The molecule has 0 aliphatic heterocycles. The molecule has 0 saturated carbocycles. The van der Waals surface area contributed by atoms with E-state index in [9.17, 15) is 4.79 Å². The van der Waals surface area contributed by atoms with Crippen molar-refractivity contribution in [3.05, 3.63) is 57.1 Å². The Labute approximate surface area is 149 Å². The van der Waals surface area contributed by atoms with Gasteiger partial charge in [-0.05, 0) is 0 Å². The topological polar surface area (TPSA) is 44.1 Å². The van der Waals surface area contributed by atoms with Crippen LogP contribution in [0.15, 0.2) is 41.3 Å². The van der Waals surface area contributed by atoms with Crippen LogP contribution >= 0.6 is 23.2 Å². The number of nitrogens with zero attached hydrogens (tertiary/aromatic N) is 2. The summed E-state index contributed by atoms with van der Waals surface area (Å²) in [6.45, 7) is 2.06. The van der Waals surface area contributed by atoms with Gasteiger partial charge in [0.2, 0.25) is 0 Å². The molecule has 3 aromatic rings. The van der Waals surface area contributed by atoms with Crippen LogP contribution in [0.1, 0.15) is 17.4 Å². The number of esters is 1. The molecule has 0 aliphatic rings. The van der Waals surface area contributed by atoms with Gasteiger partial charge in [-0.1, -0.05) is 0 Å². The Hall–Kier alpha value is -1.52. The van der Waals surface area contributed by atoms with Crippen LogP contribution < -0.4 is 0 Å². The summed E-state index contributed by atoms with van der Waals surface area (Å²) in [5.74, 6) is -0.448. The predicted octanol–water partition coefficient (Wildman–Crippen LogP) is 4.08. The molecule has 118 valence electrons. The zero-order valence-corrected chi connectivity index (χ0v) is 15.3. The van der Waals surface area contributed by atoms with E-state index < -0.39 is 5.97 Å². The van der Waals surface area contributed by atoms with Crippen molar-refractivity contribution in [2.75, 3.05) is 6.61 Å². The summed E-state index contributed by atoms with van der Waals surface area (Å²) in [5.41, 5.74) is 1.77. The molecule has 0 unspecified atom stereocenters. The van der Waals surface area contributed by atoms with Crippen LogP contribution in [0.3, 0.4) is 0 Å². The van der Waals surface area contributed by atoms with Crippen LogP contribution in [0.5, 0.6) is 0 Å². The molecule has 0 spiro atoms. The monoisotopic (exact) mass is 414 g/mol. The van der Waals surface area contributed by atoms with Gasteiger partial charge in [0.25, 0.3) is 0 Å². The number of carbonyl (C=O) groups is 1. The normalized spacial score (nSPS) is 10.7. The first-order valence-electron chi connectivity index (χ1n) is 6.86. The van der Waals surface area contributed by atoms with Crippen molar-refractivity contribution >= 4 is 43.7 Å². The molecule has 2 aromatic heterocycles. The van der Waals surface area contributed by atoms with Gasteiger partial charge >= 0.3 is 149 Å². The van der Waals surface area contributed by atoms with Gasteiger partial charge in [-0.25, -0.2) is 0 Å². The second-order valence-corrected chi connectivity index (χ2v) is 7.45. The first kappa shape index (κ1) is 16.3. The molecular weight excluding hydrogens is 402 g/mol. The van der Waals surface area contributed by atoms with Crippen LogP contribution in [0.25, 0.3) is 15.8 Å². The number of benzene rings is 1. The summed E-state index contributed by atoms with van der Waals surface area (Å²) in [7, 11) is 0. The minimum atomic E-state index is -0.448. The Balaban J connectivity index is 2.16. The van der Waals surface area contributed by atoms with Gasteiger partial charge in [-0.3, -0.25) is 0 Å². The number of aromatic nitrogens is 2. The van der Waals surface area contributed by atoms with Crippen molar-refractivity contribution in [2.24, 2.45) is 0 Å². The molecule has 23 heavy (non-hydrogen) atoms. The van der Waals surface area contributed by atoms with E-state index in [0.717, 1.165) is 10.1 Å². The maximum atomic E-state index is 12.0. The average molecular weight is 414 g/mol.